The van der Waals surface area contributed by atoms with Gasteiger partial charge in [0.25, 0.3) is 0 Å². The number of benzene rings is 1. The molecule has 1 aliphatic heterocycles. The molecule has 1 aromatic rings. The first-order chi connectivity index (χ1) is 7.66. The lowest BCUT2D eigenvalue weighted by molar-refractivity contribution is 0.156. The monoisotopic (exact) mass is 240 g/mol. The van der Waals surface area contributed by atoms with Crippen LogP contribution >= 0.6 is 11.6 Å². The highest BCUT2D eigenvalue weighted by Crippen LogP contribution is 2.21. The average molecular weight is 241 g/mol. The molecule has 3 nitrogen and oxygen atoms in total. The lowest BCUT2D eigenvalue weighted by atomic mass is 10.1. The minimum Gasteiger partial charge on any atom is -0.398 e. The minimum atomic E-state index is 0.525. The molecule has 2 rings (SSSR count). The van der Waals surface area contributed by atoms with Gasteiger partial charge < -0.3 is 10.5 Å². The van der Waals surface area contributed by atoms with Crippen LogP contribution in [0.25, 0.3) is 0 Å². The third-order valence-corrected chi connectivity index (χ3v) is 3.37. The van der Waals surface area contributed by atoms with Crippen LogP contribution in [-0.4, -0.2) is 31.2 Å². The summed E-state index contributed by atoms with van der Waals surface area (Å²) >= 11 is 5.89. The standard InChI is InChI=1S/C12H17ClN2O/c1-15(10-4-5-16-8-10)7-9-2-3-11(13)12(14)6-9/h2-3,6,10H,4-5,7-8,14H2,1H3. The first-order valence-corrected chi connectivity index (χ1v) is 5.86. The van der Waals surface area contributed by atoms with E-state index < -0.39 is 0 Å². The Bertz CT molecular complexity index is 364. The molecular formula is C12H17ClN2O. The van der Waals surface area contributed by atoms with E-state index in [2.05, 4.69) is 11.9 Å². The van der Waals surface area contributed by atoms with Crippen molar-refractivity contribution < 1.29 is 4.74 Å². The number of likely N-dealkylation sites (N-methyl/N-ethyl adjacent to an activating group) is 1. The fourth-order valence-electron chi connectivity index (χ4n) is 1.98. The maximum Gasteiger partial charge on any atom is 0.0635 e. The van der Waals surface area contributed by atoms with Crippen LogP contribution in [0.2, 0.25) is 5.02 Å². The first-order valence-electron chi connectivity index (χ1n) is 5.48. The molecule has 0 aliphatic carbocycles. The number of halogens is 1. The SMILES string of the molecule is CN(Cc1ccc(Cl)c(N)c1)C1CCOC1. The number of nitrogen functional groups attached to an aromatic ring is 1. The average Bonchev–Trinajstić information content (AvgIpc) is 2.77. The summed E-state index contributed by atoms with van der Waals surface area (Å²) in [5, 5.41) is 0.621. The van der Waals surface area contributed by atoms with Crippen molar-refractivity contribution in [3.63, 3.8) is 0 Å². The summed E-state index contributed by atoms with van der Waals surface area (Å²) in [5.41, 5.74) is 7.61. The number of nitrogens with two attached hydrogens (primary N) is 1. The molecule has 0 amide bonds. The maximum absolute atomic E-state index is 5.89. The Labute approximate surface area is 101 Å². The minimum absolute atomic E-state index is 0.525. The maximum atomic E-state index is 5.89. The second-order valence-electron chi connectivity index (χ2n) is 4.29. The van der Waals surface area contributed by atoms with Gasteiger partial charge in [0.15, 0.2) is 0 Å². The van der Waals surface area contributed by atoms with Crippen LogP contribution in [-0.2, 0) is 11.3 Å². The van der Waals surface area contributed by atoms with Crippen LogP contribution in [0, 0.1) is 0 Å². The second-order valence-corrected chi connectivity index (χ2v) is 4.70. The Balaban J connectivity index is 1.99. The van der Waals surface area contributed by atoms with Crippen molar-refractivity contribution in [1.29, 1.82) is 0 Å². The molecule has 4 heteroatoms. The summed E-state index contributed by atoms with van der Waals surface area (Å²) in [6.45, 7) is 2.59. The van der Waals surface area contributed by atoms with Crippen LogP contribution in [0.1, 0.15) is 12.0 Å². The van der Waals surface area contributed by atoms with Crippen molar-refractivity contribution >= 4 is 17.3 Å². The third-order valence-electron chi connectivity index (χ3n) is 3.02. The highest BCUT2D eigenvalue weighted by Gasteiger charge is 2.20. The number of rotatable bonds is 3. The van der Waals surface area contributed by atoms with Crippen LogP contribution in [0.5, 0.6) is 0 Å². The van der Waals surface area contributed by atoms with E-state index in [1.807, 2.05) is 18.2 Å². The second kappa shape index (κ2) is 5.04. The van der Waals surface area contributed by atoms with Crippen LogP contribution < -0.4 is 5.73 Å². The summed E-state index contributed by atoms with van der Waals surface area (Å²) < 4.78 is 5.37. The lowest BCUT2D eigenvalue weighted by Crippen LogP contribution is -2.31. The molecule has 0 radical (unpaired) electrons. The van der Waals surface area contributed by atoms with Crippen LogP contribution in [0.3, 0.4) is 0 Å². The molecule has 88 valence electrons. The molecule has 1 fully saturated rings. The van der Waals surface area contributed by atoms with Gasteiger partial charge in [-0.15, -0.1) is 0 Å². The number of hydrogen-bond acceptors (Lipinski definition) is 3. The lowest BCUT2D eigenvalue weighted by Gasteiger charge is -2.22. The summed E-state index contributed by atoms with van der Waals surface area (Å²) in [4.78, 5) is 2.30. The summed E-state index contributed by atoms with van der Waals surface area (Å²) in [5.74, 6) is 0. The van der Waals surface area contributed by atoms with Crippen molar-refractivity contribution in [3.8, 4) is 0 Å². The van der Waals surface area contributed by atoms with Crippen molar-refractivity contribution in [2.45, 2.75) is 19.0 Å². The molecule has 0 saturated carbocycles. The van der Waals surface area contributed by atoms with Gasteiger partial charge in [0.1, 0.15) is 0 Å². The van der Waals surface area contributed by atoms with Gasteiger partial charge in [0, 0.05) is 19.2 Å². The van der Waals surface area contributed by atoms with E-state index in [1.54, 1.807) is 0 Å². The van der Waals surface area contributed by atoms with Gasteiger partial charge in [0.05, 0.1) is 17.3 Å². The molecule has 0 bridgehead atoms. The fourth-order valence-corrected chi connectivity index (χ4v) is 2.10. The Morgan fingerprint density at radius 2 is 2.38 bits per heavy atom. The molecule has 2 N–H and O–H groups in total. The molecule has 1 saturated heterocycles. The summed E-state index contributed by atoms with van der Waals surface area (Å²) in [6.07, 6.45) is 1.11. The van der Waals surface area contributed by atoms with E-state index in [9.17, 15) is 0 Å². The van der Waals surface area contributed by atoms with E-state index in [0.717, 1.165) is 26.2 Å². The Morgan fingerprint density at radius 3 is 3.00 bits per heavy atom. The van der Waals surface area contributed by atoms with Gasteiger partial charge in [-0.25, -0.2) is 0 Å². The van der Waals surface area contributed by atoms with Gasteiger partial charge in [-0.05, 0) is 31.2 Å². The molecular weight excluding hydrogens is 224 g/mol. The predicted octanol–water partition coefficient (Wildman–Crippen LogP) is 2.14. The Hall–Kier alpha value is -0.770. The highest BCUT2D eigenvalue weighted by molar-refractivity contribution is 6.33. The van der Waals surface area contributed by atoms with Gasteiger partial charge in [0.2, 0.25) is 0 Å². The zero-order chi connectivity index (χ0) is 11.5. The zero-order valence-corrected chi connectivity index (χ0v) is 10.2. The Kier molecular flexibility index (Phi) is 3.69. The van der Waals surface area contributed by atoms with E-state index >= 15 is 0 Å². The van der Waals surface area contributed by atoms with E-state index in [1.165, 1.54) is 5.56 Å². The largest absolute Gasteiger partial charge is 0.398 e. The van der Waals surface area contributed by atoms with E-state index in [4.69, 9.17) is 22.1 Å². The fraction of sp³-hybridized carbons (Fsp3) is 0.500. The van der Waals surface area contributed by atoms with Crippen molar-refractivity contribution in [2.75, 3.05) is 26.0 Å². The normalized spacial score (nSPS) is 20.6. The first kappa shape index (κ1) is 11.7. The quantitative estimate of drug-likeness (QED) is 0.823. The highest BCUT2D eigenvalue weighted by atomic mass is 35.5. The molecule has 1 heterocycles. The smallest absolute Gasteiger partial charge is 0.0635 e. The summed E-state index contributed by atoms with van der Waals surface area (Å²) in [6, 6.07) is 6.34. The number of hydrogen-bond donors (Lipinski definition) is 1. The Morgan fingerprint density at radius 1 is 1.56 bits per heavy atom. The third kappa shape index (κ3) is 2.67. The van der Waals surface area contributed by atoms with Crippen LogP contribution in [0.15, 0.2) is 18.2 Å². The van der Waals surface area contributed by atoms with Crippen molar-refractivity contribution in [1.82, 2.24) is 4.90 Å². The van der Waals surface area contributed by atoms with E-state index in [0.29, 0.717) is 16.8 Å². The zero-order valence-electron chi connectivity index (χ0n) is 9.45. The van der Waals surface area contributed by atoms with E-state index in [-0.39, 0.29) is 0 Å². The van der Waals surface area contributed by atoms with Gasteiger partial charge in [-0.2, -0.15) is 0 Å². The predicted molar refractivity (Wildman–Crippen MR) is 66.6 cm³/mol. The molecule has 1 unspecified atom stereocenters. The molecule has 1 aromatic carbocycles. The van der Waals surface area contributed by atoms with Gasteiger partial charge in [-0.1, -0.05) is 17.7 Å². The van der Waals surface area contributed by atoms with Crippen LogP contribution in [0.4, 0.5) is 5.69 Å². The van der Waals surface area contributed by atoms with Gasteiger partial charge >= 0.3 is 0 Å². The van der Waals surface area contributed by atoms with Crippen molar-refractivity contribution in [2.24, 2.45) is 0 Å². The molecule has 16 heavy (non-hydrogen) atoms. The topological polar surface area (TPSA) is 38.5 Å². The van der Waals surface area contributed by atoms with Crippen molar-refractivity contribution in [3.05, 3.63) is 28.8 Å². The molecule has 0 aromatic heterocycles. The molecule has 1 aliphatic rings. The van der Waals surface area contributed by atoms with Gasteiger partial charge in [-0.3, -0.25) is 4.90 Å². The number of ether oxygens (including phenoxy) is 1. The number of anilines is 1. The number of nitrogens with zero attached hydrogens (tertiary/aromatic N) is 1. The molecule has 0 spiro atoms. The molecule has 1 atom stereocenters. The summed E-state index contributed by atoms with van der Waals surface area (Å²) in [7, 11) is 2.12.